The molecule has 0 aromatic heterocycles. The first-order chi connectivity index (χ1) is 12.5. The Morgan fingerprint density at radius 1 is 1.23 bits per heavy atom. The second kappa shape index (κ2) is 11.0. The fourth-order valence-electron chi connectivity index (χ4n) is 2.92. The molecule has 1 unspecified atom stereocenters. The molecule has 1 aromatic carbocycles. The number of nitrogens with zero attached hydrogens (tertiary/aromatic N) is 1. The van der Waals surface area contributed by atoms with Gasteiger partial charge in [-0.05, 0) is 12.5 Å². The van der Waals surface area contributed by atoms with Crippen LogP contribution in [0.1, 0.15) is 17.2 Å². The van der Waals surface area contributed by atoms with Crippen LogP contribution in [-0.2, 0) is 24.2 Å². The summed E-state index contributed by atoms with van der Waals surface area (Å²) in [6.07, 6.45) is 0. The molecule has 7 nitrogen and oxygen atoms in total. The molecular formula is C18H30N2O5S. The summed E-state index contributed by atoms with van der Waals surface area (Å²) in [5.41, 5.74) is 2.28. The van der Waals surface area contributed by atoms with Gasteiger partial charge in [-0.3, -0.25) is 4.90 Å². The van der Waals surface area contributed by atoms with Gasteiger partial charge in [0.25, 0.3) is 0 Å². The smallest absolute Gasteiger partial charge is 0.213 e. The Labute approximate surface area is 156 Å². The van der Waals surface area contributed by atoms with Gasteiger partial charge in [-0.15, -0.1) is 0 Å². The Morgan fingerprint density at radius 2 is 2.00 bits per heavy atom. The summed E-state index contributed by atoms with van der Waals surface area (Å²) in [5, 5.41) is 0. The lowest BCUT2D eigenvalue weighted by Gasteiger charge is -2.35. The first kappa shape index (κ1) is 21.3. The number of rotatable bonds is 11. The lowest BCUT2D eigenvalue weighted by Crippen LogP contribution is -2.44. The van der Waals surface area contributed by atoms with Gasteiger partial charge in [0.05, 0.1) is 38.8 Å². The van der Waals surface area contributed by atoms with E-state index >= 15 is 0 Å². The van der Waals surface area contributed by atoms with Crippen molar-refractivity contribution in [2.75, 3.05) is 65.5 Å². The van der Waals surface area contributed by atoms with Gasteiger partial charge in [0.15, 0.2) is 0 Å². The van der Waals surface area contributed by atoms with Crippen LogP contribution in [0, 0.1) is 6.92 Å². The average molecular weight is 387 g/mol. The van der Waals surface area contributed by atoms with Crippen LogP contribution in [0.5, 0.6) is 0 Å². The van der Waals surface area contributed by atoms with Crippen molar-refractivity contribution in [1.82, 2.24) is 9.62 Å². The molecule has 1 atom stereocenters. The minimum atomic E-state index is -3.39. The normalized spacial score (nSPS) is 17.3. The molecule has 0 bridgehead atoms. The van der Waals surface area contributed by atoms with Crippen LogP contribution in [0.3, 0.4) is 0 Å². The first-order valence-corrected chi connectivity index (χ1v) is 10.6. The van der Waals surface area contributed by atoms with E-state index in [9.17, 15) is 8.42 Å². The highest BCUT2D eigenvalue weighted by Crippen LogP contribution is 2.22. The number of nitrogens with one attached hydrogen (secondary N) is 1. The van der Waals surface area contributed by atoms with Gasteiger partial charge in [0.2, 0.25) is 10.0 Å². The fourth-order valence-corrected chi connectivity index (χ4v) is 3.81. The predicted octanol–water partition coefficient (Wildman–Crippen LogP) is 0.951. The zero-order valence-corrected chi connectivity index (χ0v) is 16.5. The zero-order valence-electron chi connectivity index (χ0n) is 15.6. The largest absolute Gasteiger partial charge is 0.382 e. The summed E-state index contributed by atoms with van der Waals surface area (Å²) in [6, 6.07) is 8.21. The predicted molar refractivity (Wildman–Crippen MR) is 101 cm³/mol. The standard InChI is InChI=1S/C18H30N2O5S/c1-16-4-3-5-17(14-16)18(20-6-8-24-9-7-20)15-19-26(21,22)13-12-25-11-10-23-2/h3-5,14,18-19H,6-13,15H2,1-2H3. The van der Waals surface area contributed by atoms with E-state index in [0.717, 1.165) is 24.2 Å². The topological polar surface area (TPSA) is 77.1 Å². The molecule has 0 amide bonds. The van der Waals surface area contributed by atoms with Gasteiger partial charge in [0.1, 0.15) is 0 Å². The lowest BCUT2D eigenvalue weighted by molar-refractivity contribution is 0.0172. The van der Waals surface area contributed by atoms with E-state index in [0.29, 0.717) is 33.0 Å². The van der Waals surface area contributed by atoms with Crippen LogP contribution in [-0.4, -0.2) is 78.8 Å². The third kappa shape index (κ3) is 7.30. The highest BCUT2D eigenvalue weighted by Gasteiger charge is 2.24. The molecule has 1 aliphatic heterocycles. The maximum atomic E-state index is 12.3. The third-order valence-electron chi connectivity index (χ3n) is 4.34. The monoisotopic (exact) mass is 386 g/mol. The summed E-state index contributed by atoms with van der Waals surface area (Å²) in [6.45, 7) is 6.31. The van der Waals surface area contributed by atoms with Crippen LogP contribution in [0.25, 0.3) is 0 Å². The van der Waals surface area contributed by atoms with E-state index in [4.69, 9.17) is 14.2 Å². The Hall–Kier alpha value is -1.03. The molecule has 1 aliphatic rings. The van der Waals surface area contributed by atoms with Crippen molar-refractivity contribution in [3.05, 3.63) is 35.4 Å². The molecule has 1 aromatic rings. The van der Waals surface area contributed by atoms with Crippen LogP contribution < -0.4 is 4.72 Å². The third-order valence-corrected chi connectivity index (χ3v) is 5.65. The van der Waals surface area contributed by atoms with Gasteiger partial charge < -0.3 is 14.2 Å². The molecule has 0 aliphatic carbocycles. The van der Waals surface area contributed by atoms with E-state index < -0.39 is 10.0 Å². The van der Waals surface area contributed by atoms with E-state index in [1.807, 2.05) is 19.1 Å². The van der Waals surface area contributed by atoms with E-state index in [1.54, 1.807) is 7.11 Å². The highest BCUT2D eigenvalue weighted by atomic mass is 32.2. The van der Waals surface area contributed by atoms with Gasteiger partial charge >= 0.3 is 0 Å². The molecule has 26 heavy (non-hydrogen) atoms. The van der Waals surface area contributed by atoms with Crippen molar-refractivity contribution < 1.29 is 22.6 Å². The quantitative estimate of drug-likeness (QED) is 0.571. The summed E-state index contributed by atoms with van der Waals surface area (Å²) in [5.74, 6) is -0.0552. The zero-order chi connectivity index (χ0) is 18.8. The Balaban J connectivity index is 1.95. The van der Waals surface area contributed by atoms with Crippen molar-refractivity contribution in [3.63, 3.8) is 0 Å². The van der Waals surface area contributed by atoms with Gasteiger partial charge in [-0.1, -0.05) is 29.8 Å². The van der Waals surface area contributed by atoms with Gasteiger partial charge in [0, 0.05) is 32.8 Å². The Kier molecular flexibility index (Phi) is 8.97. The molecule has 1 N–H and O–H groups in total. The number of methoxy groups -OCH3 is 1. The van der Waals surface area contributed by atoms with Crippen molar-refractivity contribution in [2.45, 2.75) is 13.0 Å². The number of hydrogen-bond donors (Lipinski definition) is 1. The molecule has 1 fully saturated rings. The van der Waals surface area contributed by atoms with Crippen molar-refractivity contribution >= 4 is 10.0 Å². The highest BCUT2D eigenvalue weighted by molar-refractivity contribution is 7.89. The summed E-state index contributed by atoms with van der Waals surface area (Å²) >= 11 is 0. The second-order valence-electron chi connectivity index (χ2n) is 6.35. The average Bonchev–Trinajstić information content (AvgIpc) is 2.62. The van der Waals surface area contributed by atoms with Crippen LogP contribution in [0.4, 0.5) is 0 Å². The number of benzene rings is 1. The Morgan fingerprint density at radius 3 is 2.69 bits per heavy atom. The number of morpholine rings is 1. The summed E-state index contributed by atoms with van der Waals surface area (Å²) in [7, 11) is -1.81. The number of aryl methyl sites for hydroxylation is 1. The number of ether oxygens (including phenoxy) is 3. The van der Waals surface area contributed by atoms with Crippen LogP contribution in [0.2, 0.25) is 0 Å². The lowest BCUT2D eigenvalue weighted by atomic mass is 10.0. The van der Waals surface area contributed by atoms with Gasteiger partial charge in [-0.25, -0.2) is 13.1 Å². The van der Waals surface area contributed by atoms with E-state index in [1.165, 1.54) is 0 Å². The molecule has 148 valence electrons. The number of hydrogen-bond acceptors (Lipinski definition) is 6. The molecular weight excluding hydrogens is 356 g/mol. The summed E-state index contributed by atoms with van der Waals surface area (Å²) in [4.78, 5) is 2.27. The molecule has 1 saturated heterocycles. The maximum absolute atomic E-state index is 12.3. The minimum Gasteiger partial charge on any atom is -0.382 e. The molecule has 1 heterocycles. The second-order valence-corrected chi connectivity index (χ2v) is 8.28. The van der Waals surface area contributed by atoms with Crippen molar-refractivity contribution in [3.8, 4) is 0 Å². The van der Waals surface area contributed by atoms with Crippen LogP contribution >= 0.6 is 0 Å². The molecule has 0 saturated carbocycles. The molecule has 2 rings (SSSR count). The van der Waals surface area contributed by atoms with E-state index in [-0.39, 0.29) is 18.4 Å². The fraction of sp³-hybridized carbons (Fsp3) is 0.667. The molecule has 0 spiro atoms. The van der Waals surface area contributed by atoms with Gasteiger partial charge in [-0.2, -0.15) is 0 Å². The Bertz CT molecular complexity index is 632. The SMILES string of the molecule is COCCOCCS(=O)(=O)NCC(c1cccc(C)c1)N1CCOCC1. The van der Waals surface area contributed by atoms with Crippen LogP contribution in [0.15, 0.2) is 24.3 Å². The summed E-state index contributed by atoms with van der Waals surface area (Å²) < 4.78 is 42.9. The number of sulfonamides is 1. The maximum Gasteiger partial charge on any atom is 0.213 e. The first-order valence-electron chi connectivity index (χ1n) is 8.94. The molecule has 8 heteroatoms. The molecule has 0 radical (unpaired) electrons. The van der Waals surface area contributed by atoms with Crippen molar-refractivity contribution in [1.29, 1.82) is 0 Å². The minimum absolute atomic E-state index is 0.0111. The van der Waals surface area contributed by atoms with Crippen molar-refractivity contribution in [2.24, 2.45) is 0 Å². The van der Waals surface area contributed by atoms with E-state index in [2.05, 4.69) is 21.8 Å².